The Kier molecular flexibility index (Phi) is 10.1. The lowest BCUT2D eigenvalue weighted by Gasteiger charge is -2.13. The Morgan fingerprint density at radius 1 is 1.29 bits per heavy atom. The number of ether oxygens (including phenoxy) is 1. The minimum Gasteiger partial charge on any atom is -0.474 e. The predicted molar refractivity (Wildman–Crippen MR) is 122 cm³/mol. The zero-order valence-corrected chi connectivity index (χ0v) is 18.8. The number of aryl methyl sites for hydroxylation is 1. The van der Waals surface area contributed by atoms with E-state index in [1.54, 1.807) is 12.4 Å². The van der Waals surface area contributed by atoms with Gasteiger partial charge in [-0.25, -0.2) is 9.98 Å². The molecule has 0 aromatic carbocycles. The third kappa shape index (κ3) is 7.65. The third-order valence-corrected chi connectivity index (χ3v) is 4.57. The van der Waals surface area contributed by atoms with Crippen LogP contribution in [0.3, 0.4) is 0 Å². The first-order valence-electron chi connectivity index (χ1n) is 9.94. The molecule has 2 N–H and O–H groups in total. The second kappa shape index (κ2) is 12.6. The summed E-state index contributed by atoms with van der Waals surface area (Å²) in [6.45, 7) is 5.24. The highest BCUT2D eigenvalue weighted by Crippen LogP contribution is 2.23. The van der Waals surface area contributed by atoms with Crippen LogP contribution in [0, 0.1) is 0 Å². The fourth-order valence-corrected chi connectivity index (χ4v) is 3.18. The monoisotopic (exact) mass is 498 g/mol. The summed E-state index contributed by atoms with van der Waals surface area (Å²) >= 11 is 0. The first-order valence-corrected chi connectivity index (χ1v) is 9.94. The number of hydrogen-bond donors (Lipinski definition) is 2. The molecule has 0 spiro atoms. The van der Waals surface area contributed by atoms with Crippen molar-refractivity contribution in [1.29, 1.82) is 0 Å². The van der Waals surface area contributed by atoms with Gasteiger partial charge >= 0.3 is 0 Å². The maximum atomic E-state index is 5.99. The van der Waals surface area contributed by atoms with Crippen LogP contribution in [0.1, 0.15) is 44.6 Å². The highest BCUT2D eigenvalue weighted by Gasteiger charge is 2.16. The minimum atomic E-state index is 0. The van der Waals surface area contributed by atoms with Crippen LogP contribution in [0.25, 0.3) is 0 Å². The number of hydrogen-bond acceptors (Lipinski definition) is 4. The van der Waals surface area contributed by atoms with Crippen molar-refractivity contribution in [3.63, 3.8) is 0 Å². The standard InChI is InChI=1S/C20H30N6O.HI/c1-2-21-20(23-10-5-13-26-14-6-11-25-26)24-16-17-9-12-22-19(15-17)27-18-7-3-4-8-18;/h6,9,11-12,14-15,18H,2-5,7-8,10,13,16H2,1H3,(H2,21,23,24);1H. The second-order valence-electron chi connectivity index (χ2n) is 6.77. The summed E-state index contributed by atoms with van der Waals surface area (Å²) in [5.41, 5.74) is 1.10. The maximum Gasteiger partial charge on any atom is 0.213 e. The van der Waals surface area contributed by atoms with E-state index in [0.717, 1.165) is 50.4 Å². The van der Waals surface area contributed by atoms with Gasteiger partial charge in [-0.15, -0.1) is 24.0 Å². The van der Waals surface area contributed by atoms with E-state index in [2.05, 4.69) is 32.6 Å². The van der Waals surface area contributed by atoms with Gasteiger partial charge in [0.25, 0.3) is 0 Å². The fourth-order valence-electron chi connectivity index (χ4n) is 3.18. The number of rotatable bonds is 9. The molecule has 0 unspecified atom stereocenters. The summed E-state index contributed by atoms with van der Waals surface area (Å²) < 4.78 is 7.93. The first kappa shape index (κ1) is 22.4. The SMILES string of the molecule is CCNC(=NCc1ccnc(OC2CCCC2)c1)NCCCn1cccn1.I. The summed E-state index contributed by atoms with van der Waals surface area (Å²) in [5, 5.41) is 10.9. The third-order valence-electron chi connectivity index (χ3n) is 4.57. The van der Waals surface area contributed by atoms with Gasteiger partial charge in [-0.3, -0.25) is 4.68 Å². The lowest BCUT2D eigenvalue weighted by molar-refractivity contribution is 0.201. The van der Waals surface area contributed by atoms with Crippen LogP contribution in [0.15, 0.2) is 41.8 Å². The molecule has 1 aliphatic rings. The van der Waals surface area contributed by atoms with Gasteiger partial charge in [-0.2, -0.15) is 5.10 Å². The Morgan fingerprint density at radius 3 is 2.89 bits per heavy atom. The van der Waals surface area contributed by atoms with Crippen LogP contribution in [0.5, 0.6) is 5.88 Å². The van der Waals surface area contributed by atoms with Crippen molar-refractivity contribution < 1.29 is 4.74 Å². The van der Waals surface area contributed by atoms with E-state index in [9.17, 15) is 0 Å². The molecule has 154 valence electrons. The van der Waals surface area contributed by atoms with Gasteiger partial charge in [-0.05, 0) is 56.7 Å². The molecule has 8 heteroatoms. The normalized spacial score (nSPS) is 14.5. The number of guanidine groups is 1. The lowest BCUT2D eigenvalue weighted by atomic mass is 10.2. The average molecular weight is 498 g/mol. The van der Waals surface area contributed by atoms with E-state index in [1.807, 2.05) is 29.1 Å². The van der Waals surface area contributed by atoms with Crippen molar-refractivity contribution in [1.82, 2.24) is 25.4 Å². The molecule has 3 rings (SSSR count). The number of halogens is 1. The number of nitrogens with one attached hydrogen (secondary N) is 2. The number of pyridine rings is 1. The molecule has 2 aromatic rings. The number of nitrogens with zero attached hydrogens (tertiary/aromatic N) is 4. The number of aromatic nitrogens is 3. The molecule has 0 radical (unpaired) electrons. The Hall–Kier alpha value is -1.84. The smallest absolute Gasteiger partial charge is 0.213 e. The molecule has 28 heavy (non-hydrogen) atoms. The molecule has 2 heterocycles. The zero-order valence-electron chi connectivity index (χ0n) is 16.5. The fraction of sp³-hybridized carbons (Fsp3) is 0.550. The topological polar surface area (TPSA) is 76.4 Å². The van der Waals surface area contributed by atoms with Gasteiger partial charge in [0.05, 0.1) is 6.54 Å². The minimum absolute atomic E-state index is 0. The van der Waals surface area contributed by atoms with Crippen molar-refractivity contribution in [2.45, 2.75) is 58.2 Å². The van der Waals surface area contributed by atoms with Crippen LogP contribution in [0.2, 0.25) is 0 Å². The maximum absolute atomic E-state index is 5.99. The molecule has 0 atom stereocenters. The number of aliphatic imine (C=N–C) groups is 1. The molecule has 2 aromatic heterocycles. The van der Waals surface area contributed by atoms with E-state index in [1.165, 1.54) is 12.8 Å². The van der Waals surface area contributed by atoms with Gasteiger partial charge in [0.1, 0.15) is 6.10 Å². The van der Waals surface area contributed by atoms with E-state index >= 15 is 0 Å². The highest BCUT2D eigenvalue weighted by molar-refractivity contribution is 14.0. The van der Waals surface area contributed by atoms with Crippen molar-refractivity contribution in [3.05, 3.63) is 42.4 Å². The molecule has 0 aliphatic heterocycles. The highest BCUT2D eigenvalue weighted by atomic mass is 127. The first-order chi connectivity index (χ1) is 13.3. The molecule has 0 saturated heterocycles. The summed E-state index contributed by atoms with van der Waals surface area (Å²) in [6, 6.07) is 5.94. The second-order valence-corrected chi connectivity index (χ2v) is 6.77. The summed E-state index contributed by atoms with van der Waals surface area (Å²) in [5.74, 6) is 1.54. The van der Waals surface area contributed by atoms with E-state index < -0.39 is 0 Å². The molecule has 1 fully saturated rings. The molecule has 0 bridgehead atoms. The average Bonchev–Trinajstić information content (AvgIpc) is 3.37. The molecule has 1 saturated carbocycles. The van der Waals surface area contributed by atoms with Crippen molar-refractivity contribution >= 4 is 29.9 Å². The van der Waals surface area contributed by atoms with Gasteiger partial charge < -0.3 is 15.4 Å². The summed E-state index contributed by atoms with van der Waals surface area (Å²) in [7, 11) is 0. The quantitative estimate of drug-likeness (QED) is 0.240. The van der Waals surface area contributed by atoms with Crippen LogP contribution < -0.4 is 15.4 Å². The van der Waals surface area contributed by atoms with Gasteiger partial charge in [0.2, 0.25) is 5.88 Å². The van der Waals surface area contributed by atoms with Gasteiger partial charge in [0, 0.05) is 44.3 Å². The molecule has 7 nitrogen and oxygen atoms in total. The lowest BCUT2D eigenvalue weighted by Crippen LogP contribution is -2.38. The Labute approximate surface area is 184 Å². The van der Waals surface area contributed by atoms with E-state index in [0.29, 0.717) is 18.5 Å². The molecule has 1 aliphatic carbocycles. The van der Waals surface area contributed by atoms with Gasteiger partial charge in [0.15, 0.2) is 5.96 Å². The van der Waals surface area contributed by atoms with E-state index in [-0.39, 0.29) is 24.0 Å². The molecular weight excluding hydrogens is 467 g/mol. The van der Waals surface area contributed by atoms with Crippen molar-refractivity contribution in [2.75, 3.05) is 13.1 Å². The summed E-state index contributed by atoms with van der Waals surface area (Å²) in [4.78, 5) is 9.02. The zero-order chi connectivity index (χ0) is 18.7. The van der Waals surface area contributed by atoms with Crippen LogP contribution >= 0.6 is 24.0 Å². The molecular formula is C20H31IN6O. The van der Waals surface area contributed by atoms with E-state index in [4.69, 9.17) is 4.74 Å². The molecule has 0 amide bonds. The Balaban J connectivity index is 0.00000280. The van der Waals surface area contributed by atoms with Crippen molar-refractivity contribution in [3.8, 4) is 5.88 Å². The van der Waals surface area contributed by atoms with Crippen LogP contribution in [-0.2, 0) is 13.1 Å². The van der Waals surface area contributed by atoms with Crippen LogP contribution in [-0.4, -0.2) is 39.9 Å². The van der Waals surface area contributed by atoms with Gasteiger partial charge in [-0.1, -0.05) is 0 Å². The predicted octanol–water partition coefficient (Wildman–Crippen LogP) is 3.36. The largest absolute Gasteiger partial charge is 0.474 e. The van der Waals surface area contributed by atoms with Crippen LogP contribution in [0.4, 0.5) is 0 Å². The van der Waals surface area contributed by atoms with Crippen molar-refractivity contribution in [2.24, 2.45) is 4.99 Å². The Morgan fingerprint density at radius 2 is 2.14 bits per heavy atom. The Bertz CT molecular complexity index is 700. The summed E-state index contributed by atoms with van der Waals surface area (Å²) in [6.07, 6.45) is 11.7.